The second-order valence-electron chi connectivity index (χ2n) is 4.44. The molecule has 0 fully saturated rings. The van der Waals surface area contributed by atoms with Crippen molar-refractivity contribution in [3.63, 3.8) is 0 Å². The molecule has 0 saturated heterocycles. The van der Waals surface area contributed by atoms with Gasteiger partial charge in [-0.05, 0) is 29.7 Å². The molecule has 0 bridgehead atoms. The van der Waals surface area contributed by atoms with Gasteiger partial charge in [-0.1, -0.05) is 43.7 Å². The molecule has 0 heterocycles. The summed E-state index contributed by atoms with van der Waals surface area (Å²) in [7, 11) is 0. The Labute approximate surface area is 112 Å². The van der Waals surface area contributed by atoms with E-state index in [1.807, 2.05) is 25.1 Å². The smallest absolute Gasteiger partial charge is 0.335 e. The zero-order chi connectivity index (χ0) is 13.8. The van der Waals surface area contributed by atoms with Crippen LogP contribution < -0.4 is 0 Å². The molecule has 0 radical (unpaired) electrons. The SMILES string of the molecule is CCCc1ccc(-c2ccccc2O)cc1C(=O)O. The summed E-state index contributed by atoms with van der Waals surface area (Å²) in [5.74, 6) is -0.775. The number of benzene rings is 2. The molecular formula is C16H16O3. The number of hydrogen-bond acceptors (Lipinski definition) is 2. The second-order valence-corrected chi connectivity index (χ2v) is 4.44. The Bertz CT molecular complexity index is 603. The van der Waals surface area contributed by atoms with Gasteiger partial charge in [0.15, 0.2) is 0 Å². The Kier molecular flexibility index (Phi) is 3.85. The van der Waals surface area contributed by atoms with Crippen LogP contribution >= 0.6 is 0 Å². The average Bonchev–Trinajstić information content (AvgIpc) is 2.40. The van der Waals surface area contributed by atoms with Crippen LogP contribution in [0, 0.1) is 0 Å². The van der Waals surface area contributed by atoms with E-state index in [0.29, 0.717) is 11.1 Å². The number of carbonyl (C=O) groups is 1. The molecule has 0 aliphatic carbocycles. The Morgan fingerprint density at radius 2 is 1.89 bits per heavy atom. The van der Waals surface area contributed by atoms with Crippen molar-refractivity contribution in [2.45, 2.75) is 19.8 Å². The molecule has 2 rings (SSSR count). The van der Waals surface area contributed by atoms with Crippen molar-refractivity contribution in [2.24, 2.45) is 0 Å². The predicted molar refractivity (Wildman–Crippen MR) is 74.5 cm³/mol. The molecule has 0 aliphatic rings. The minimum Gasteiger partial charge on any atom is -0.507 e. The fourth-order valence-electron chi connectivity index (χ4n) is 2.15. The third-order valence-corrected chi connectivity index (χ3v) is 3.07. The van der Waals surface area contributed by atoms with Gasteiger partial charge in [0.05, 0.1) is 5.56 Å². The molecule has 0 amide bonds. The summed E-state index contributed by atoms with van der Waals surface area (Å²) < 4.78 is 0. The van der Waals surface area contributed by atoms with Crippen LogP contribution in [0.3, 0.4) is 0 Å². The number of phenolic OH excluding ortho intramolecular Hbond substituents is 1. The number of carboxylic acids is 1. The number of para-hydroxylation sites is 1. The van der Waals surface area contributed by atoms with Crippen LogP contribution in [0.15, 0.2) is 42.5 Å². The summed E-state index contributed by atoms with van der Waals surface area (Å²) in [6, 6.07) is 12.2. The number of aromatic hydroxyl groups is 1. The average molecular weight is 256 g/mol. The van der Waals surface area contributed by atoms with E-state index in [2.05, 4.69) is 0 Å². The van der Waals surface area contributed by atoms with E-state index in [1.165, 1.54) is 0 Å². The standard InChI is InChI=1S/C16H16O3/c1-2-5-11-8-9-12(10-14(11)16(18)19)13-6-3-4-7-15(13)17/h3-4,6-10,17H,2,5H2,1H3,(H,18,19). The lowest BCUT2D eigenvalue weighted by atomic mass is 9.96. The lowest BCUT2D eigenvalue weighted by Crippen LogP contribution is -2.02. The Balaban J connectivity index is 2.52. The van der Waals surface area contributed by atoms with Crippen molar-refractivity contribution in [1.29, 1.82) is 0 Å². The molecular weight excluding hydrogens is 240 g/mol. The van der Waals surface area contributed by atoms with Crippen molar-refractivity contribution in [1.82, 2.24) is 0 Å². The summed E-state index contributed by atoms with van der Waals surface area (Å²) in [5.41, 5.74) is 2.50. The molecule has 0 saturated carbocycles. The topological polar surface area (TPSA) is 57.5 Å². The summed E-state index contributed by atoms with van der Waals surface area (Å²) in [6.07, 6.45) is 1.64. The number of phenols is 1. The van der Waals surface area contributed by atoms with Crippen molar-refractivity contribution >= 4 is 5.97 Å². The van der Waals surface area contributed by atoms with Gasteiger partial charge in [0.25, 0.3) is 0 Å². The third kappa shape index (κ3) is 2.76. The fraction of sp³-hybridized carbons (Fsp3) is 0.188. The maximum Gasteiger partial charge on any atom is 0.335 e. The van der Waals surface area contributed by atoms with Gasteiger partial charge in [-0.25, -0.2) is 4.79 Å². The van der Waals surface area contributed by atoms with Crippen molar-refractivity contribution in [3.8, 4) is 16.9 Å². The van der Waals surface area contributed by atoms with Crippen molar-refractivity contribution in [3.05, 3.63) is 53.6 Å². The number of aryl methyl sites for hydroxylation is 1. The van der Waals surface area contributed by atoms with E-state index >= 15 is 0 Å². The van der Waals surface area contributed by atoms with Gasteiger partial charge < -0.3 is 10.2 Å². The summed E-state index contributed by atoms with van der Waals surface area (Å²) in [5, 5.41) is 19.1. The van der Waals surface area contributed by atoms with Crippen LogP contribution in [-0.2, 0) is 6.42 Å². The lowest BCUT2D eigenvalue weighted by Gasteiger charge is -2.09. The highest BCUT2D eigenvalue weighted by Gasteiger charge is 2.12. The summed E-state index contributed by atoms with van der Waals surface area (Å²) in [4.78, 5) is 11.3. The van der Waals surface area contributed by atoms with E-state index < -0.39 is 5.97 Å². The molecule has 0 aliphatic heterocycles. The molecule has 19 heavy (non-hydrogen) atoms. The molecule has 98 valence electrons. The van der Waals surface area contributed by atoms with E-state index in [9.17, 15) is 15.0 Å². The number of carboxylic acid groups (broad SMARTS) is 1. The van der Waals surface area contributed by atoms with Crippen molar-refractivity contribution in [2.75, 3.05) is 0 Å². The summed E-state index contributed by atoms with van der Waals surface area (Å²) >= 11 is 0. The first kappa shape index (κ1) is 13.1. The van der Waals surface area contributed by atoms with Crippen LogP contribution in [0.1, 0.15) is 29.3 Å². The van der Waals surface area contributed by atoms with Crippen LogP contribution in [0.5, 0.6) is 5.75 Å². The summed E-state index contributed by atoms with van der Waals surface area (Å²) in [6.45, 7) is 2.02. The van der Waals surface area contributed by atoms with Crippen molar-refractivity contribution < 1.29 is 15.0 Å². The molecule has 0 unspecified atom stereocenters. The van der Waals surface area contributed by atoms with Crippen LogP contribution in [0.2, 0.25) is 0 Å². The van der Waals surface area contributed by atoms with Gasteiger partial charge in [-0.3, -0.25) is 0 Å². The number of aromatic carboxylic acids is 1. The predicted octanol–water partition coefficient (Wildman–Crippen LogP) is 3.71. The number of hydrogen-bond donors (Lipinski definition) is 2. The molecule has 2 aromatic rings. The Hall–Kier alpha value is -2.29. The first-order chi connectivity index (χ1) is 9.13. The van der Waals surface area contributed by atoms with E-state index in [0.717, 1.165) is 24.0 Å². The molecule has 2 N–H and O–H groups in total. The van der Waals surface area contributed by atoms with Crippen LogP contribution in [-0.4, -0.2) is 16.2 Å². The van der Waals surface area contributed by atoms with E-state index in [-0.39, 0.29) is 5.75 Å². The minimum atomic E-state index is -0.930. The quantitative estimate of drug-likeness (QED) is 0.876. The van der Waals surface area contributed by atoms with Gasteiger partial charge in [-0.15, -0.1) is 0 Å². The molecule has 0 atom stereocenters. The van der Waals surface area contributed by atoms with E-state index in [4.69, 9.17) is 0 Å². The van der Waals surface area contributed by atoms with Gasteiger partial charge >= 0.3 is 5.97 Å². The normalized spacial score (nSPS) is 10.4. The highest BCUT2D eigenvalue weighted by atomic mass is 16.4. The number of rotatable bonds is 4. The lowest BCUT2D eigenvalue weighted by molar-refractivity contribution is 0.0695. The minimum absolute atomic E-state index is 0.155. The van der Waals surface area contributed by atoms with Gasteiger partial charge in [0.1, 0.15) is 5.75 Å². The highest BCUT2D eigenvalue weighted by Crippen LogP contribution is 2.30. The third-order valence-electron chi connectivity index (χ3n) is 3.07. The van der Waals surface area contributed by atoms with Gasteiger partial charge in [0, 0.05) is 5.56 Å². The second kappa shape index (κ2) is 5.57. The van der Waals surface area contributed by atoms with E-state index in [1.54, 1.807) is 24.3 Å². The first-order valence-electron chi connectivity index (χ1n) is 6.28. The zero-order valence-electron chi connectivity index (χ0n) is 10.8. The Morgan fingerprint density at radius 1 is 1.16 bits per heavy atom. The van der Waals surface area contributed by atoms with Gasteiger partial charge in [0.2, 0.25) is 0 Å². The van der Waals surface area contributed by atoms with Crippen LogP contribution in [0.25, 0.3) is 11.1 Å². The molecule has 0 spiro atoms. The molecule has 3 nitrogen and oxygen atoms in total. The first-order valence-corrected chi connectivity index (χ1v) is 6.28. The molecule has 3 heteroatoms. The fourth-order valence-corrected chi connectivity index (χ4v) is 2.15. The Morgan fingerprint density at radius 3 is 2.53 bits per heavy atom. The van der Waals surface area contributed by atoms with Crippen LogP contribution in [0.4, 0.5) is 0 Å². The molecule has 0 aromatic heterocycles. The monoisotopic (exact) mass is 256 g/mol. The maximum absolute atomic E-state index is 11.3. The largest absolute Gasteiger partial charge is 0.507 e. The van der Waals surface area contributed by atoms with Gasteiger partial charge in [-0.2, -0.15) is 0 Å². The highest BCUT2D eigenvalue weighted by molar-refractivity contribution is 5.91. The zero-order valence-corrected chi connectivity index (χ0v) is 10.8. The molecule has 2 aromatic carbocycles. The maximum atomic E-state index is 11.3.